The van der Waals surface area contributed by atoms with Crippen LogP contribution in [0.3, 0.4) is 0 Å². The van der Waals surface area contributed by atoms with E-state index < -0.39 is 0 Å². The van der Waals surface area contributed by atoms with Crippen molar-refractivity contribution < 1.29 is 9.21 Å². The number of nitrogens with zero attached hydrogens (tertiary/aromatic N) is 3. The third kappa shape index (κ3) is 3.87. The van der Waals surface area contributed by atoms with Gasteiger partial charge in [0.05, 0.1) is 16.3 Å². The van der Waals surface area contributed by atoms with E-state index >= 15 is 0 Å². The maximum absolute atomic E-state index is 12.3. The van der Waals surface area contributed by atoms with Gasteiger partial charge in [-0.3, -0.25) is 4.79 Å². The zero-order valence-electron chi connectivity index (χ0n) is 12.9. The predicted octanol–water partition coefficient (Wildman–Crippen LogP) is 3.88. The fraction of sp³-hybridized carbons (Fsp3) is 0.438. The Morgan fingerprint density at radius 3 is 3.00 bits per heavy atom. The van der Waals surface area contributed by atoms with Gasteiger partial charge in [0, 0.05) is 12.6 Å². The minimum Gasteiger partial charge on any atom is -0.411 e. The van der Waals surface area contributed by atoms with E-state index in [0.29, 0.717) is 33.5 Å². The minimum absolute atomic E-state index is 0.125. The number of amides is 1. The second kappa shape index (κ2) is 7.36. The van der Waals surface area contributed by atoms with Gasteiger partial charge in [0.25, 0.3) is 5.22 Å². The first kappa shape index (κ1) is 16.3. The summed E-state index contributed by atoms with van der Waals surface area (Å²) in [6, 6.07) is 7.62. The summed E-state index contributed by atoms with van der Waals surface area (Å²) in [7, 11) is 0. The van der Waals surface area contributed by atoms with Crippen LogP contribution in [0.1, 0.15) is 26.2 Å². The average molecular weight is 352 g/mol. The number of aromatic nitrogens is 2. The fourth-order valence-corrected chi connectivity index (χ4v) is 3.55. The van der Waals surface area contributed by atoms with Crippen LogP contribution in [0.15, 0.2) is 33.9 Å². The minimum atomic E-state index is 0.125. The van der Waals surface area contributed by atoms with Crippen molar-refractivity contribution in [3.63, 3.8) is 0 Å². The number of thioether (sulfide) groups is 1. The molecular weight excluding hydrogens is 334 g/mol. The van der Waals surface area contributed by atoms with Crippen molar-refractivity contribution in [3.05, 3.63) is 29.3 Å². The molecule has 2 aromatic rings. The van der Waals surface area contributed by atoms with Crippen LogP contribution in [0, 0.1) is 0 Å². The number of carbonyl (C=O) groups excluding carboxylic acids is 1. The van der Waals surface area contributed by atoms with E-state index in [1.54, 1.807) is 6.07 Å². The van der Waals surface area contributed by atoms with Gasteiger partial charge in [-0.25, -0.2) is 0 Å². The summed E-state index contributed by atoms with van der Waals surface area (Å²) < 4.78 is 5.60. The molecular formula is C16H18ClN3O2S. The van der Waals surface area contributed by atoms with Crippen LogP contribution in [0.4, 0.5) is 0 Å². The van der Waals surface area contributed by atoms with Crippen molar-refractivity contribution in [1.29, 1.82) is 0 Å². The van der Waals surface area contributed by atoms with Crippen molar-refractivity contribution in [2.75, 3.05) is 12.3 Å². The second-order valence-electron chi connectivity index (χ2n) is 5.57. The Hall–Kier alpha value is -1.53. The van der Waals surface area contributed by atoms with Gasteiger partial charge in [-0.15, -0.1) is 10.2 Å². The third-order valence-electron chi connectivity index (χ3n) is 3.95. The predicted molar refractivity (Wildman–Crippen MR) is 90.5 cm³/mol. The van der Waals surface area contributed by atoms with Gasteiger partial charge < -0.3 is 9.32 Å². The highest BCUT2D eigenvalue weighted by Crippen LogP contribution is 2.29. The van der Waals surface area contributed by atoms with Crippen molar-refractivity contribution in [2.45, 2.75) is 37.5 Å². The summed E-state index contributed by atoms with van der Waals surface area (Å²) >= 11 is 7.39. The smallest absolute Gasteiger partial charge is 0.277 e. The van der Waals surface area contributed by atoms with Gasteiger partial charge in [0.1, 0.15) is 0 Å². The molecule has 3 rings (SSSR count). The standard InChI is InChI=1S/C16H18ClN3O2S/c1-11-6-4-5-9-20(11)14(21)10-23-16-19-18-15(22-16)12-7-2-3-8-13(12)17/h2-3,7-8,11H,4-6,9-10H2,1H3. The summed E-state index contributed by atoms with van der Waals surface area (Å²) in [5.74, 6) is 0.811. The number of carbonyl (C=O) groups is 1. The highest BCUT2D eigenvalue weighted by atomic mass is 35.5. The number of piperidine rings is 1. The molecule has 0 saturated carbocycles. The molecule has 1 aromatic heterocycles. The molecule has 122 valence electrons. The lowest BCUT2D eigenvalue weighted by atomic mass is 10.0. The molecule has 5 nitrogen and oxygen atoms in total. The van der Waals surface area contributed by atoms with E-state index in [2.05, 4.69) is 17.1 Å². The lowest BCUT2D eigenvalue weighted by molar-refractivity contribution is -0.131. The number of hydrogen-bond acceptors (Lipinski definition) is 5. The number of likely N-dealkylation sites (tertiary alicyclic amines) is 1. The first-order chi connectivity index (χ1) is 11.1. The van der Waals surface area contributed by atoms with E-state index in [1.807, 2.05) is 23.1 Å². The van der Waals surface area contributed by atoms with Crippen LogP contribution in [0.25, 0.3) is 11.5 Å². The lowest BCUT2D eigenvalue weighted by Crippen LogP contribution is -2.42. The third-order valence-corrected chi connectivity index (χ3v) is 5.09. The first-order valence-electron chi connectivity index (χ1n) is 7.66. The van der Waals surface area contributed by atoms with E-state index in [-0.39, 0.29) is 5.91 Å². The molecule has 1 unspecified atom stereocenters. The molecule has 1 aliphatic rings. The summed E-state index contributed by atoms with van der Waals surface area (Å²) in [4.78, 5) is 14.3. The van der Waals surface area contributed by atoms with E-state index in [1.165, 1.54) is 18.2 Å². The summed E-state index contributed by atoms with van der Waals surface area (Å²) in [5.41, 5.74) is 0.699. The van der Waals surface area contributed by atoms with Gasteiger partial charge in [-0.05, 0) is 38.3 Å². The number of rotatable bonds is 4. The van der Waals surface area contributed by atoms with Crippen molar-refractivity contribution in [1.82, 2.24) is 15.1 Å². The quantitative estimate of drug-likeness (QED) is 0.782. The van der Waals surface area contributed by atoms with Gasteiger partial charge in [-0.1, -0.05) is 35.5 Å². The van der Waals surface area contributed by atoms with Crippen molar-refractivity contribution in [2.24, 2.45) is 0 Å². The maximum atomic E-state index is 12.3. The molecule has 2 heterocycles. The zero-order chi connectivity index (χ0) is 16.2. The molecule has 1 aromatic carbocycles. The Morgan fingerprint density at radius 2 is 2.22 bits per heavy atom. The van der Waals surface area contributed by atoms with E-state index in [4.69, 9.17) is 16.0 Å². The number of hydrogen-bond donors (Lipinski definition) is 0. The van der Waals surface area contributed by atoms with Crippen LogP contribution < -0.4 is 0 Å². The second-order valence-corrected chi connectivity index (χ2v) is 6.91. The van der Waals surface area contributed by atoms with Gasteiger partial charge in [0.2, 0.25) is 11.8 Å². The van der Waals surface area contributed by atoms with Crippen LogP contribution in [0.5, 0.6) is 0 Å². The normalized spacial score (nSPS) is 18.2. The zero-order valence-corrected chi connectivity index (χ0v) is 14.4. The number of halogens is 1. The summed E-state index contributed by atoms with van der Waals surface area (Å²) in [6.45, 7) is 2.94. The van der Waals surface area contributed by atoms with Gasteiger partial charge in [-0.2, -0.15) is 0 Å². The van der Waals surface area contributed by atoms with Crippen LogP contribution >= 0.6 is 23.4 Å². The molecule has 1 amide bonds. The van der Waals surface area contributed by atoms with E-state index in [0.717, 1.165) is 19.4 Å². The van der Waals surface area contributed by atoms with Crippen molar-refractivity contribution in [3.8, 4) is 11.5 Å². The summed E-state index contributed by atoms with van der Waals surface area (Å²) in [5, 5.41) is 8.94. The van der Waals surface area contributed by atoms with Gasteiger partial charge >= 0.3 is 0 Å². The summed E-state index contributed by atoms with van der Waals surface area (Å²) in [6.07, 6.45) is 3.36. The highest BCUT2D eigenvalue weighted by Gasteiger charge is 2.23. The first-order valence-corrected chi connectivity index (χ1v) is 9.02. The Balaban J connectivity index is 1.61. The Morgan fingerprint density at radius 1 is 1.39 bits per heavy atom. The largest absolute Gasteiger partial charge is 0.411 e. The van der Waals surface area contributed by atoms with Crippen LogP contribution in [-0.2, 0) is 4.79 Å². The van der Waals surface area contributed by atoms with Crippen LogP contribution in [0.2, 0.25) is 5.02 Å². The van der Waals surface area contributed by atoms with Crippen LogP contribution in [-0.4, -0.2) is 39.3 Å². The maximum Gasteiger partial charge on any atom is 0.277 e. The molecule has 1 aliphatic heterocycles. The molecule has 0 radical (unpaired) electrons. The Bertz CT molecular complexity index is 691. The lowest BCUT2D eigenvalue weighted by Gasteiger charge is -2.33. The molecule has 23 heavy (non-hydrogen) atoms. The average Bonchev–Trinajstić information content (AvgIpc) is 3.02. The molecule has 1 saturated heterocycles. The monoisotopic (exact) mass is 351 g/mol. The highest BCUT2D eigenvalue weighted by molar-refractivity contribution is 7.99. The van der Waals surface area contributed by atoms with Crippen molar-refractivity contribution >= 4 is 29.3 Å². The number of benzene rings is 1. The fourth-order valence-electron chi connectivity index (χ4n) is 2.69. The van der Waals surface area contributed by atoms with Gasteiger partial charge in [0.15, 0.2) is 0 Å². The Labute approximate surface area is 144 Å². The molecule has 0 N–H and O–H groups in total. The Kier molecular flexibility index (Phi) is 5.23. The van der Waals surface area contributed by atoms with E-state index in [9.17, 15) is 4.79 Å². The molecule has 0 bridgehead atoms. The molecule has 0 aliphatic carbocycles. The molecule has 1 fully saturated rings. The SMILES string of the molecule is CC1CCCCN1C(=O)CSc1nnc(-c2ccccc2Cl)o1. The topological polar surface area (TPSA) is 59.2 Å². The molecule has 1 atom stereocenters. The molecule has 7 heteroatoms. The molecule has 0 spiro atoms.